The average Bonchev–Trinajstić information content (AvgIpc) is 2.17. The molecule has 0 bridgehead atoms. The van der Waals surface area contributed by atoms with Crippen molar-refractivity contribution in [3.05, 3.63) is 28.8 Å². The molecule has 1 aliphatic rings. The smallest absolute Gasteiger partial charge is 0.0794 e. The van der Waals surface area contributed by atoms with E-state index in [1.165, 1.54) is 4.90 Å². The van der Waals surface area contributed by atoms with E-state index in [0.29, 0.717) is 6.54 Å². The molecule has 2 N–H and O–H groups in total. The molecule has 0 unspecified atom stereocenters. The summed E-state index contributed by atoms with van der Waals surface area (Å²) in [5.74, 6) is 0. The molecule has 1 heterocycles. The predicted octanol–water partition coefficient (Wildman–Crippen LogP) is 2.47. The van der Waals surface area contributed by atoms with Gasteiger partial charge in [-0.2, -0.15) is 0 Å². The van der Waals surface area contributed by atoms with Gasteiger partial charge in [0.25, 0.3) is 0 Å². The predicted molar refractivity (Wildman–Crippen MR) is 64.7 cm³/mol. The monoisotopic (exact) mass is 243 g/mol. The zero-order valence-electron chi connectivity index (χ0n) is 8.63. The number of rotatable bonds is 3. The van der Waals surface area contributed by atoms with Gasteiger partial charge in [0, 0.05) is 16.5 Å². The first-order valence-corrected chi connectivity index (χ1v) is 6.08. The van der Waals surface area contributed by atoms with Crippen LogP contribution < -0.4 is 5.73 Å². The van der Waals surface area contributed by atoms with E-state index < -0.39 is 0 Å². The summed E-state index contributed by atoms with van der Waals surface area (Å²) in [6.07, 6.45) is 0. The highest BCUT2D eigenvalue weighted by atomic mass is 35.5. The van der Waals surface area contributed by atoms with E-state index in [0.717, 1.165) is 23.8 Å². The minimum Gasteiger partial charge on any atom is -0.378 e. The maximum absolute atomic E-state index is 5.97. The number of ether oxygens (including phenoxy) is 1. The third-order valence-electron chi connectivity index (χ3n) is 2.57. The van der Waals surface area contributed by atoms with Gasteiger partial charge in [-0.25, -0.2) is 0 Å². The van der Waals surface area contributed by atoms with Crippen molar-refractivity contribution in [3.8, 4) is 0 Å². The Morgan fingerprint density at radius 3 is 2.73 bits per heavy atom. The van der Waals surface area contributed by atoms with Crippen LogP contribution in [0.3, 0.4) is 0 Å². The second kappa shape index (κ2) is 4.34. The number of aryl methyl sites for hydroxylation is 1. The first-order valence-electron chi connectivity index (χ1n) is 4.88. The van der Waals surface area contributed by atoms with Crippen molar-refractivity contribution < 1.29 is 4.74 Å². The van der Waals surface area contributed by atoms with E-state index in [-0.39, 0.29) is 4.75 Å². The van der Waals surface area contributed by atoms with Gasteiger partial charge in [0.2, 0.25) is 0 Å². The van der Waals surface area contributed by atoms with E-state index in [1.807, 2.05) is 19.1 Å². The SMILES string of the molecule is Cc1cc(SC2(CN)COC2)ccc1Cl. The molecule has 0 atom stereocenters. The van der Waals surface area contributed by atoms with Crippen molar-refractivity contribution in [2.75, 3.05) is 19.8 Å². The number of hydrogen-bond donors (Lipinski definition) is 1. The molecule has 0 spiro atoms. The van der Waals surface area contributed by atoms with Gasteiger partial charge in [0.15, 0.2) is 0 Å². The largest absolute Gasteiger partial charge is 0.378 e. The number of nitrogens with two attached hydrogens (primary N) is 1. The van der Waals surface area contributed by atoms with Crippen molar-refractivity contribution in [2.24, 2.45) is 5.73 Å². The molecule has 0 aromatic heterocycles. The van der Waals surface area contributed by atoms with E-state index >= 15 is 0 Å². The van der Waals surface area contributed by atoms with Crippen LogP contribution in [-0.4, -0.2) is 24.5 Å². The van der Waals surface area contributed by atoms with Gasteiger partial charge in [0.1, 0.15) is 0 Å². The van der Waals surface area contributed by atoms with Crippen molar-refractivity contribution in [3.63, 3.8) is 0 Å². The van der Waals surface area contributed by atoms with Gasteiger partial charge in [-0.05, 0) is 30.7 Å². The van der Waals surface area contributed by atoms with Gasteiger partial charge >= 0.3 is 0 Å². The fourth-order valence-corrected chi connectivity index (χ4v) is 2.84. The minimum absolute atomic E-state index is 0.0836. The molecular formula is C11H14ClNOS. The van der Waals surface area contributed by atoms with Crippen LogP contribution in [0.2, 0.25) is 5.02 Å². The summed E-state index contributed by atoms with van der Waals surface area (Å²) in [4.78, 5) is 1.21. The van der Waals surface area contributed by atoms with Crippen LogP contribution >= 0.6 is 23.4 Å². The Morgan fingerprint density at radius 2 is 2.27 bits per heavy atom. The lowest BCUT2D eigenvalue weighted by molar-refractivity contribution is -0.00434. The highest BCUT2D eigenvalue weighted by molar-refractivity contribution is 8.00. The van der Waals surface area contributed by atoms with E-state index in [1.54, 1.807) is 11.8 Å². The molecule has 1 saturated heterocycles. The highest BCUT2D eigenvalue weighted by Gasteiger charge is 2.38. The van der Waals surface area contributed by atoms with Gasteiger partial charge in [-0.1, -0.05) is 11.6 Å². The topological polar surface area (TPSA) is 35.2 Å². The Labute approximate surface area is 99.1 Å². The second-order valence-corrected chi connectivity index (χ2v) is 5.84. The molecule has 0 saturated carbocycles. The summed E-state index contributed by atoms with van der Waals surface area (Å²) in [5.41, 5.74) is 6.86. The first-order chi connectivity index (χ1) is 7.15. The number of halogens is 1. The lowest BCUT2D eigenvalue weighted by atomic mass is 10.1. The first kappa shape index (κ1) is 11.3. The van der Waals surface area contributed by atoms with Crippen molar-refractivity contribution in [1.82, 2.24) is 0 Å². The Kier molecular flexibility index (Phi) is 3.26. The molecule has 15 heavy (non-hydrogen) atoms. The Hall–Kier alpha value is -0.220. The molecule has 1 aliphatic heterocycles. The molecule has 1 aromatic rings. The molecule has 1 aromatic carbocycles. The van der Waals surface area contributed by atoms with Crippen LogP contribution in [0.15, 0.2) is 23.1 Å². The molecule has 0 amide bonds. The van der Waals surface area contributed by atoms with Crippen molar-refractivity contribution >= 4 is 23.4 Å². The molecule has 4 heteroatoms. The summed E-state index contributed by atoms with van der Waals surface area (Å²) >= 11 is 7.77. The van der Waals surface area contributed by atoms with Crippen LogP contribution in [0.4, 0.5) is 0 Å². The minimum atomic E-state index is 0.0836. The van der Waals surface area contributed by atoms with Crippen LogP contribution in [0.5, 0.6) is 0 Å². The van der Waals surface area contributed by atoms with Crippen molar-refractivity contribution in [1.29, 1.82) is 0 Å². The van der Waals surface area contributed by atoms with Crippen LogP contribution in [0, 0.1) is 6.92 Å². The lowest BCUT2D eigenvalue weighted by Gasteiger charge is -2.39. The summed E-state index contributed by atoms with van der Waals surface area (Å²) in [7, 11) is 0. The Bertz CT molecular complexity index is 360. The molecule has 2 nitrogen and oxygen atoms in total. The summed E-state index contributed by atoms with van der Waals surface area (Å²) in [5, 5.41) is 0.811. The Morgan fingerprint density at radius 1 is 1.53 bits per heavy atom. The fraction of sp³-hybridized carbons (Fsp3) is 0.455. The van der Waals surface area contributed by atoms with Crippen LogP contribution in [-0.2, 0) is 4.74 Å². The van der Waals surface area contributed by atoms with E-state index in [9.17, 15) is 0 Å². The van der Waals surface area contributed by atoms with Crippen LogP contribution in [0.25, 0.3) is 0 Å². The van der Waals surface area contributed by atoms with E-state index in [2.05, 4.69) is 6.07 Å². The quantitative estimate of drug-likeness (QED) is 0.886. The fourth-order valence-electron chi connectivity index (χ4n) is 1.48. The molecule has 2 rings (SSSR count). The summed E-state index contributed by atoms with van der Waals surface area (Å²) in [6, 6.07) is 6.07. The third kappa shape index (κ3) is 2.31. The molecule has 0 aliphatic carbocycles. The van der Waals surface area contributed by atoms with Gasteiger partial charge in [-0.15, -0.1) is 11.8 Å². The number of benzene rings is 1. The molecule has 0 radical (unpaired) electrons. The Balaban J connectivity index is 2.13. The maximum Gasteiger partial charge on any atom is 0.0794 e. The molecule has 1 fully saturated rings. The number of thioether (sulfide) groups is 1. The van der Waals surface area contributed by atoms with Crippen LogP contribution in [0.1, 0.15) is 5.56 Å². The normalized spacial score (nSPS) is 18.6. The van der Waals surface area contributed by atoms with Gasteiger partial charge in [-0.3, -0.25) is 0 Å². The van der Waals surface area contributed by atoms with Gasteiger partial charge < -0.3 is 10.5 Å². The standard InChI is InChI=1S/C11H14ClNOS/c1-8-4-9(2-3-10(8)12)15-11(5-13)6-14-7-11/h2-4H,5-7,13H2,1H3. The lowest BCUT2D eigenvalue weighted by Crippen LogP contribution is -2.52. The van der Waals surface area contributed by atoms with E-state index in [4.69, 9.17) is 22.1 Å². The summed E-state index contributed by atoms with van der Waals surface area (Å²) < 4.78 is 5.31. The second-order valence-electron chi connectivity index (χ2n) is 3.89. The molecular weight excluding hydrogens is 230 g/mol. The number of hydrogen-bond acceptors (Lipinski definition) is 3. The highest BCUT2D eigenvalue weighted by Crippen LogP contribution is 2.38. The zero-order valence-corrected chi connectivity index (χ0v) is 10.2. The van der Waals surface area contributed by atoms with Gasteiger partial charge in [0.05, 0.1) is 18.0 Å². The summed E-state index contributed by atoms with van der Waals surface area (Å²) in [6.45, 7) is 4.16. The maximum atomic E-state index is 5.97. The molecule has 82 valence electrons. The average molecular weight is 244 g/mol. The third-order valence-corrected chi connectivity index (χ3v) is 4.32. The zero-order chi connectivity index (χ0) is 10.9. The van der Waals surface area contributed by atoms with Crippen molar-refractivity contribution in [2.45, 2.75) is 16.6 Å².